The second-order valence-corrected chi connectivity index (χ2v) is 5.05. The molecule has 18 heavy (non-hydrogen) atoms. The summed E-state index contributed by atoms with van der Waals surface area (Å²) in [5.74, 6) is 1.08. The molecule has 0 spiro atoms. The quantitative estimate of drug-likeness (QED) is 0.881. The number of rotatable bonds is 4. The Morgan fingerprint density at radius 1 is 1.17 bits per heavy atom. The summed E-state index contributed by atoms with van der Waals surface area (Å²) in [6.45, 7) is 7.16. The van der Waals surface area contributed by atoms with Gasteiger partial charge in [0.25, 0.3) is 5.89 Å². The van der Waals surface area contributed by atoms with Gasteiger partial charge in [-0.2, -0.15) is 0 Å². The van der Waals surface area contributed by atoms with Gasteiger partial charge in [-0.3, -0.25) is 0 Å². The van der Waals surface area contributed by atoms with Crippen LogP contribution in [0.4, 0.5) is 0 Å². The lowest BCUT2D eigenvalue weighted by Gasteiger charge is -2.19. The molecule has 0 amide bonds. The molecule has 2 heterocycles. The highest BCUT2D eigenvalue weighted by atomic mass is 16.4. The number of nitrogens with zero attached hydrogens (tertiary/aromatic N) is 4. The van der Waals surface area contributed by atoms with Gasteiger partial charge in [0, 0.05) is 30.9 Å². The summed E-state index contributed by atoms with van der Waals surface area (Å²) in [5, 5.41) is 11.3. The first kappa shape index (κ1) is 12.6. The van der Waals surface area contributed by atoms with Gasteiger partial charge in [-0.05, 0) is 20.8 Å². The van der Waals surface area contributed by atoms with Crippen molar-refractivity contribution in [3.8, 4) is 11.5 Å². The van der Waals surface area contributed by atoms with Crippen LogP contribution in [0.1, 0.15) is 26.7 Å². The van der Waals surface area contributed by atoms with Gasteiger partial charge in [-0.25, -0.2) is 9.97 Å². The van der Waals surface area contributed by atoms with Crippen LogP contribution in [0.2, 0.25) is 0 Å². The van der Waals surface area contributed by atoms with Gasteiger partial charge in [-0.15, -0.1) is 10.2 Å². The van der Waals surface area contributed by atoms with Crippen LogP contribution in [0.15, 0.2) is 23.1 Å². The number of hydrogen-bond acceptors (Lipinski definition) is 6. The normalized spacial score (nSPS) is 11.7. The molecule has 0 aliphatic heterocycles. The van der Waals surface area contributed by atoms with Crippen LogP contribution in [-0.2, 0) is 6.42 Å². The zero-order valence-corrected chi connectivity index (χ0v) is 10.8. The predicted octanol–water partition coefficient (Wildman–Crippen LogP) is 1.46. The lowest BCUT2D eigenvalue weighted by Crippen LogP contribution is -2.37. The summed E-state index contributed by atoms with van der Waals surface area (Å²) in [6.07, 6.45) is 5.47. The molecule has 0 radical (unpaired) electrons. The Morgan fingerprint density at radius 2 is 1.89 bits per heavy atom. The molecule has 2 aromatic heterocycles. The van der Waals surface area contributed by atoms with Gasteiger partial charge >= 0.3 is 0 Å². The standard InChI is InChI=1S/C12H17N5O/c1-12(2,3)15-5-4-10-16-17-11(18-10)9-6-13-8-14-7-9/h6-8,15H,4-5H2,1-3H3. The van der Waals surface area contributed by atoms with E-state index >= 15 is 0 Å². The molecule has 0 saturated heterocycles. The number of aromatic nitrogens is 4. The third kappa shape index (κ3) is 3.59. The van der Waals surface area contributed by atoms with Gasteiger partial charge in [0.2, 0.25) is 5.89 Å². The smallest absolute Gasteiger partial charge is 0.250 e. The van der Waals surface area contributed by atoms with E-state index in [1.807, 2.05) is 0 Å². The van der Waals surface area contributed by atoms with Crippen molar-refractivity contribution in [2.75, 3.05) is 6.54 Å². The molecular formula is C12H17N5O. The molecule has 0 fully saturated rings. The van der Waals surface area contributed by atoms with E-state index in [-0.39, 0.29) is 5.54 Å². The fourth-order valence-corrected chi connectivity index (χ4v) is 1.43. The third-order valence-electron chi connectivity index (χ3n) is 2.27. The van der Waals surface area contributed by atoms with E-state index in [2.05, 4.69) is 46.3 Å². The Bertz CT molecular complexity index is 489. The zero-order chi connectivity index (χ0) is 13.0. The molecule has 0 aromatic carbocycles. The Labute approximate surface area is 106 Å². The van der Waals surface area contributed by atoms with Crippen LogP contribution in [-0.4, -0.2) is 32.2 Å². The highest BCUT2D eigenvalue weighted by Crippen LogP contribution is 2.15. The summed E-state index contributed by atoms with van der Waals surface area (Å²) in [4.78, 5) is 7.83. The van der Waals surface area contributed by atoms with Crippen molar-refractivity contribution in [1.29, 1.82) is 0 Å². The van der Waals surface area contributed by atoms with Crippen LogP contribution in [0.3, 0.4) is 0 Å². The number of nitrogens with one attached hydrogen (secondary N) is 1. The monoisotopic (exact) mass is 247 g/mol. The predicted molar refractivity (Wildman–Crippen MR) is 66.8 cm³/mol. The summed E-state index contributed by atoms with van der Waals surface area (Å²) in [6, 6.07) is 0. The lowest BCUT2D eigenvalue weighted by molar-refractivity contribution is 0.412. The van der Waals surface area contributed by atoms with Crippen molar-refractivity contribution in [1.82, 2.24) is 25.5 Å². The van der Waals surface area contributed by atoms with Crippen molar-refractivity contribution in [2.45, 2.75) is 32.7 Å². The van der Waals surface area contributed by atoms with Crippen LogP contribution >= 0.6 is 0 Å². The first-order chi connectivity index (χ1) is 8.54. The van der Waals surface area contributed by atoms with E-state index in [1.54, 1.807) is 12.4 Å². The average Bonchev–Trinajstić information content (AvgIpc) is 2.77. The summed E-state index contributed by atoms with van der Waals surface area (Å²) in [5.41, 5.74) is 0.830. The Hall–Kier alpha value is -1.82. The maximum absolute atomic E-state index is 5.54. The van der Waals surface area contributed by atoms with Crippen LogP contribution in [0.25, 0.3) is 11.5 Å². The first-order valence-electron chi connectivity index (χ1n) is 5.87. The SMILES string of the molecule is CC(C)(C)NCCc1nnc(-c2cncnc2)o1. The van der Waals surface area contributed by atoms with E-state index < -0.39 is 0 Å². The van der Waals surface area contributed by atoms with Gasteiger partial charge in [0.15, 0.2) is 0 Å². The Balaban J connectivity index is 1.95. The van der Waals surface area contributed by atoms with Crippen molar-refractivity contribution in [3.63, 3.8) is 0 Å². The Kier molecular flexibility index (Phi) is 3.66. The molecule has 2 rings (SSSR count). The zero-order valence-electron chi connectivity index (χ0n) is 10.8. The third-order valence-corrected chi connectivity index (χ3v) is 2.27. The Morgan fingerprint density at radius 3 is 2.56 bits per heavy atom. The minimum Gasteiger partial charge on any atom is -0.421 e. The average molecular weight is 247 g/mol. The lowest BCUT2D eigenvalue weighted by atomic mass is 10.1. The molecule has 6 nitrogen and oxygen atoms in total. The largest absolute Gasteiger partial charge is 0.421 e. The summed E-state index contributed by atoms with van der Waals surface area (Å²) < 4.78 is 5.54. The minimum absolute atomic E-state index is 0.0934. The van der Waals surface area contributed by atoms with E-state index in [0.29, 0.717) is 18.2 Å². The van der Waals surface area contributed by atoms with Gasteiger partial charge in [0.05, 0.1) is 5.56 Å². The van der Waals surface area contributed by atoms with E-state index in [4.69, 9.17) is 4.42 Å². The second kappa shape index (κ2) is 5.22. The highest BCUT2D eigenvalue weighted by Gasteiger charge is 2.11. The molecule has 0 aliphatic rings. The summed E-state index contributed by atoms with van der Waals surface area (Å²) >= 11 is 0. The molecular weight excluding hydrogens is 230 g/mol. The molecule has 0 aliphatic carbocycles. The van der Waals surface area contributed by atoms with Crippen molar-refractivity contribution in [2.24, 2.45) is 0 Å². The highest BCUT2D eigenvalue weighted by molar-refractivity contribution is 5.48. The molecule has 0 unspecified atom stereocenters. The van der Waals surface area contributed by atoms with Gasteiger partial charge in [0.1, 0.15) is 6.33 Å². The van der Waals surface area contributed by atoms with Crippen molar-refractivity contribution < 1.29 is 4.42 Å². The fraction of sp³-hybridized carbons (Fsp3) is 0.500. The molecule has 6 heteroatoms. The maximum atomic E-state index is 5.54. The fourth-order valence-electron chi connectivity index (χ4n) is 1.43. The van der Waals surface area contributed by atoms with Gasteiger partial charge < -0.3 is 9.73 Å². The van der Waals surface area contributed by atoms with E-state index in [1.165, 1.54) is 6.33 Å². The molecule has 1 N–H and O–H groups in total. The van der Waals surface area contributed by atoms with E-state index in [0.717, 1.165) is 12.1 Å². The van der Waals surface area contributed by atoms with Crippen molar-refractivity contribution in [3.05, 3.63) is 24.6 Å². The number of hydrogen-bond donors (Lipinski definition) is 1. The molecule has 0 saturated carbocycles. The molecule has 2 aromatic rings. The molecule has 96 valence electrons. The maximum Gasteiger partial charge on any atom is 0.250 e. The second-order valence-electron chi connectivity index (χ2n) is 5.05. The van der Waals surface area contributed by atoms with Crippen LogP contribution in [0.5, 0.6) is 0 Å². The van der Waals surface area contributed by atoms with Crippen LogP contribution in [0, 0.1) is 0 Å². The van der Waals surface area contributed by atoms with Crippen LogP contribution < -0.4 is 5.32 Å². The molecule has 0 bridgehead atoms. The van der Waals surface area contributed by atoms with E-state index in [9.17, 15) is 0 Å². The minimum atomic E-state index is 0.0934. The van der Waals surface area contributed by atoms with Crippen molar-refractivity contribution >= 4 is 0 Å². The molecule has 0 atom stereocenters. The topological polar surface area (TPSA) is 76.7 Å². The van der Waals surface area contributed by atoms with Gasteiger partial charge in [-0.1, -0.05) is 0 Å². The first-order valence-corrected chi connectivity index (χ1v) is 5.87. The summed E-state index contributed by atoms with van der Waals surface area (Å²) in [7, 11) is 0.